The Morgan fingerprint density at radius 3 is 2.61 bits per heavy atom. The Kier molecular flexibility index (Phi) is 5.60. The molecule has 174 valence electrons. The zero-order valence-electron chi connectivity index (χ0n) is 19.0. The number of ether oxygens (including phenoxy) is 1. The average Bonchev–Trinajstić information content (AvgIpc) is 3.35. The number of amides is 1. The van der Waals surface area contributed by atoms with Gasteiger partial charge in [0.1, 0.15) is 17.1 Å². The van der Waals surface area contributed by atoms with Gasteiger partial charge >= 0.3 is 0 Å². The highest BCUT2D eigenvalue weighted by Gasteiger charge is 2.33. The lowest BCUT2D eigenvalue weighted by Crippen LogP contribution is -2.36. The molecule has 9 heteroatoms. The third kappa shape index (κ3) is 4.10. The number of hydrogen-bond donors (Lipinski definition) is 0. The summed E-state index contributed by atoms with van der Waals surface area (Å²) in [4.78, 5) is 24.9. The lowest BCUT2D eigenvalue weighted by atomic mass is 10.1. The summed E-state index contributed by atoms with van der Waals surface area (Å²) in [6.45, 7) is 3.29. The van der Waals surface area contributed by atoms with Crippen LogP contribution in [-0.4, -0.2) is 65.5 Å². The van der Waals surface area contributed by atoms with Gasteiger partial charge in [0.05, 0.1) is 35.9 Å². The molecule has 0 spiro atoms. The molecule has 0 saturated carbocycles. The molecule has 2 aliphatic rings. The number of methoxy groups -OCH3 is 1. The normalized spacial score (nSPS) is 20.3. The molecule has 1 atom stereocenters. The summed E-state index contributed by atoms with van der Waals surface area (Å²) in [6.07, 6.45) is 3.64. The lowest BCUT2D eigenvalue weighted by Gasteiger charge is -2.26. The summed E-state index contributed by atoms with van der Waals surface area (Å²) in [6, 6.07) is 9.29. The van der Waals surface area contributed by atoms with Crippen molar-refractivity contribution >= 4 is 26.8 Å². The fourth-order valence-electron chi connectivity index (χ4n) is 4.97. The number of carbonyl (C=O) groups is 1. The second-order valence-electron chi connectivity index (χ2n) is 8.89. The Labute approximate surface area is 193 Å². The highest BCUT2D eigenvalue weighted by Crippen LogP contribution is 2.33. The Balaban J connectivity index is 1.70. The van der Waals surface area contributed by atoms with Crippen LogP contribution in [0.1, 0.15) is 48.0 Å². The minimum atomic E-state index is -3.08. The van der Waals surface area contributed by atoms with Crippen LogP contribution in [0, 0.1) is 6.92 Å². The number of piperidine rings is 1. The van der Waals surface area contributed by atoms with Gasteiger partial charge in [-0.2, -0.15) is 0 Å². The summed E-state index contributed by atoms with van der Waals surface area (Å²) in [5, 5.41) is 0. The molecule has 4 heterocycles. The van der Waals surface area contributed by atoms with Crippen molar-refractivity contribution in [1.29, 1.82) is 0 Å². The number of likely N-dealkylation sites (tertiary alicyclic amines) is 1. The van der Waals surface area contributed by atoms with Crippen LogP contribution in [0.25, 0.3) is 22.3 Å². The monoisotopic (exact) mass is 468 g/mol. The summed E-state index contributed by atoms with van der Waals surface area (Å²) >= 11 is 0. The third-order valence-corrected chi connectivity index (χ3v) is 8.39. The SMILES string of the molecule is COc1cccc(-c2cc3c(nc(C)n3C3CCS(=O)(=O)C3)c(C(=O)N3CCCCC3)n2)c1. The Bertz CT molecular complexity index is 1330. The molecule has 2 aromatic heterocycles. The lowest BCUT2D eigenvalue weighted by molar-refractivity contribution is 0.0720. The Morgan fingerprint density at radius 2 is 1.91 bits per heavy atom. The summed E-state index contributed by atoms with van der Waals surface area (Å²) in [5.74, 6) is 1.54. The van der Waals surface area contributed by atoms with Gasteiger partial charge in [-0.3, -0.25) is 4.79 Å². The van der Waals surface area contributed by atoms with Gasteiger partial charge in [0.2, 0.25) is 0 Å². The van der Waals surface area contributed by atoms with E-state index in [1.807, 2.05) is 46.7 Å². The topological polar surface area (TPSA) is 94.4 Å². The molecule has 3 aromatic rings. The van der Waals surface area contributed by atoms with E-state index in [-0.39, 0.29) is 23.5 Å². The van der Waals surface area contributed by atoms with Crippen LogP contribution in [-0.2, 0) is 9.84 Å². The van der Waals surface area contributed by atoms with E-state index in [0.717, 1.165) is 30.3 Å². The van der Waals surface area contributed by atoms with Crippen molar-refractivity contribution in [3.63, 3.8) is 0 Å². The fraction of sp³-hybridized carbons (Fsp3) is 0.458. The number of sulfone groups is 1. The van der Waals surface area contributed by atoms with Gasteiger partial charge in [-0.25, -0.2) is 18.4 Å². The molecule has 2 fully saturated rings. The van der Waals surface area contributed by atoms with Crippen LogP contribution in [0.4, 0.5) is 0 Å². The maximum Gasteiger partial charge on any atom is 0.274 e. The van der Waals surface area contributed by atoms with Crippen LogP contribution in [0.2, 0.25) is 0 Å². The summed E-state index contributed by atoms with van der Waals surface area (Å²) in [5.41, 5.74) is 3.09. The number of nitrogens with zero attached hydrogens (tertiary/aromatic N) is 4. The summed E-state index contributed by atoms with van der Waals surface area (Å²) < 4.78 is 31.8. The van der Waals surface area contributed by atoms with Crippen LogP contribution >= 0.6 is 0 Å². The van der Waals surface area contributed by atoms with Crippen molar-refractivity contribution in [3.8, 4) is 17.0 Å². The molecule has 2 aliphatic heterocycles. The van der Waals surface area contributed by atoms with E-state index in [1.165, 1.54) is 0 Å². The Morgan fingerprint density at radius 1 is 1.12 bits per heavy atom. The second kappa shape index (κ2) is 8.44. The van der Waals surface area contributed by atoms with Crippen molar-refractivity contribution in [2.24, 2.45) is 0 Å². The van der Waals surface area contributed by atoms with Crippen LogP contribution < -0.4 is 4.74 Å². The number of fused-ring (bicyclic) bond motifs is 1. The zero-order valence-corrected chi connectivity index (χ0v) is 19.8. The standard InChI is InChI=1S/C24H28N4O4S/c1-16-25-22-21(28(16)18-9-12-33(30,31)15-18)14-20(17-7-6-8-19(13-17)32-2)26-23(22)24(29)27-10-4-3-5-11-27/h6-8,13-14,18H,3-5,9-12,15H2,1-2H3. The van der Waals surface area contributed by atoms with E-state index in [2.05, 4.69) is 0 Å². The van der Waals surface area contributed by atoms with Crippen LogP contribution in [0.3, 0.4) is 0 Å². The van der Waals surface area contributed by atoms with Crippen molar-refractivity contribution in [3.05, 3.63) is 41.9 Å². The first kappa shape index (κ1) is 21.9. The minimum Gasteiger partial charge on any atom is -0.497 e. The number of aryl methyl sites for hydroxylation is 1. The maximum absolute atomic E-state index is 13.6. The second-order valence-corrected chi connectivity index (χ2v) is 11.1. The molecule has 2 saturated heterocycles. The van der Waals surface area contributed by atoms with Gasteiger partial charge in [0.25, 0.3) is 5.91 Å². The molecule has 1 amide bonds. The highest BCUT2D eigenvalue weighted by molar-refractivity contribution is 7.91. The number of rotatable bonds is 4. The largest absolute Gasteiger partial charge is 0.497 e. The molecule has 1 aromatic carbocycles. The van der Waals surface area contributed by atoms with Gasteiger partial charge < -0.3 is 14.2 Å². The van der Waals surface area contributed by atoms with Gasteiger partial charge in [-0.15, -0.1) is 0 Å². The molecule has 1 unspecified atom stereocenters. The molecule has 33 heavy (non-hydrogen) atoms. The van der Waals surface area contributed by atoms with Crippen molar-refractivity contribution < 1.29 is 17.9 Å². The summed E-state index contributed by atoms with van der Waals surface area (Å²) in [7, 11) is -1.47. The molecular weight excluding hydrogens is 440 g/mol. The smallest absolute Gasteiger partial charge is 0.274 e. The van der Waals surface area contributed by atoms with E-state index in [9.17, 15) is 13.2 Å². The number of imidazole rings is 1. The van der Waals surface area contributed by atoms with Crippen molar-refractivity contribution in [1.82, 2.24) is 19.4 Å². The van der Waals surface area contributed by atoms with E-state index >= 15 is 0 Å². The number of aromatic nitrogens is 3. The van der Waals surface area contributed by atoms with E-state index in [1.54, 1.807) is 7.11 Å². The fourth-order valence-corrected chi connectivity index (χ4v) is 6.67. The van der Waals surface area contributed by atoms with Crippen LogP contribution in [0.5, 0.6) is 5.75 Å². The molecule has 5 rings (SSSR count). The molecule has 0 radical (unpaired) electrons. The predicted molar refractivity (Wildman–Crippen MR) is 126 cm³/mol. The number of carbonyl (C=O) groups excluding carboxylic acids is 1. The molecule has 0 bridgehead atoms. The van der Waals surface area contributed by atoms with E-state index < -0.39 is 9.84 Å². The first-order valence-electron chi connectivity index (χ1n) is 11.4. The number of hydrogen-bond acceptors (Lipinski definition) is 6. The molecule has 8 nitrogen and oxygen atoms in total. The van der Waals surface area contributed by atoms with Gasteiger partial charge in [0.15, 0.2) is 15.5 Å². The molecule has 0 N–H and O–H groups in total. The molecule has 0 aliphatic carbocycles. The predicted octanol–water partition coefficient (Wildman–Crippen LogP) is 3.40. The maximum atomic E-state index is 13.6. The van der Waals surface area contributed by atoms with Gasteiger partial charge in [-0.1, -0.05) is 12.1 Å². The van der Waals surface area contributed by atoms with Crippen LogP contribution in [0.15, 0.2) is 30.3 Å². The van der Waals surface area contributed by atoms with Gasteiger partial charge in [-0.05, 0) is 50.8 Å². The van der Waals surface area contributed by atoms with E-state index in [0.29, 0.717) is 48.0 Å². The first-order valence-corrected chi connectivity index (χ1v) is 13.2. The van der Waals surface area contributed by atoms with Crippen molar-refractivity contribution in [2.45, 2.75) is 38.6 Å². The Hall–Kier alpha value is -2.94. The minimum absolute atomic E-state index is 0.0888. The zero-order chi connectivity index (χ0) is 23.2. The van der Waals surface area contributed by atoms with E-state index in [4.69, 9.17) is 14.7 Å². The third-order valence-electron chi connectivity index (χ3n) is 6.64. The quantitative estimate of drug-likeness (QED) is 0.583. The highest BCUT2D eigenvalue weighted by atomic mass is 32.2. The number of pyridine rings is 1. The molecular formula is C24H28N4O4S. The number of benzene rings is 1. The first-order chi connectivity index (χ1) is 15.9. The van der Waals surface area contributed by atoms with Gasteiger partial charge in [0, 0.05) is 18.7 Å². The average molecular weight is 469 g/mol. The van der Waals surface area contributed by atoms with Crippen molar-refractivity contribution in [2.75, 3.05) is 31.7 Å².